The lowest BCUT2D eigenvalue weighted by Crippen LogP contribution is -2.38. The third-order valence-electron chi connectivity index (χ3n) is 4.86. The highest BCUT2D eigenvalue weighted by Crippen LogP contribution is 2.31. The van der Waals surface area contributed by atoms with Gasteiger partial charge in [0, 0.05) is 11.9 Å². The second-order valence-electron chi connectivity index (χ2n) is 6.42. The minimum Gasteiger partial charge on any atom is -0.386 e. The average Bonchev–Trinajstić information content (AvgIpc) is 3.15. The summed E-state index contributed by atoms with van der Waals surface area (Å²) in [6, 6.07) is 9.24. The number of aryl methyl sites for hydroxylation is 2. The molecule has 0 bridgehead atoms. The number of amides is 1. The van der Waals surface area contributed by atoms with Crippen molar-refractivity contribution >= 4 is 16.9 Å². The van der Waals surface area contributed by atoms with Crippen LogP contribution in [-0.2, 0) is 13.0 Å². The van der Waals surface area contributed by atoms with Crippen LogP contribution in [0.15, 0.2) is 36.5 Å². The Morgan fingerprint density at radius 1 is 1.40 bits per heavy atom. The number of rotatable bonds is 3. The summed E-state index contributed by atoms with van der Waals surface area (Å²) in [5.74, 6) is -0.215. The van der Waals surface area contributed by atoms with Gasteiger partial charge in [-0.05, 0) is 37.5 Å². The van der Waals surface area contributed by atoms with E-state index in [2.05, 4.69) is 15.4 Å². The van der Waals surface area contributed by atoms with E-state index in [0.717, 1.165) is 28.7 Å². The fourth-order valence-corrected chi connectivity index (χ4v) is 3.51. The first kappa shape index (κ1) is 15.8. The van der Waals surface area contributed by atoms with Crippen molar-refractivity contribution in [3.8, 4) is 0 Å². The summed E-state index contributed by atoms with van der Waals surface area (Å²) in [5, 5.41) is 18.6. The molecule has 6 heteroatoms. The maximum Gasteiger partial charge on any atom is 0.253 e. The molecule has 2 N–H and O–H groups in total. The van der Waals surface area contributed by atoms with Gasteiger partial charge in [0.2, 0.25) is 0 Å². The van der Waals surface area contributed by atoms with E-state index < -0.39 is 6.10 Å². The highest BCUT2D eigenvalue weighted by molar-refractivity contribution is 5.98. The fourth-order valence-electron chi connectivity index (χ4n) is 3.51. The summed E-state index contributed by atoms with van der Waals surface area (Å²) in [4.78, 5) is 17.3. The Balaban J connectivity index is 1.60. The van der Waals surface area contributed by atoms with Crippen LogP contribution in [0.4, 0.5) is 0 Å². The molecule has 0 saturated carbocycles. The molecular formula is C19H20N4O2. The van der Waals surface area contributed by atoms with E-state index >= 15 is 0 Å². The van der Waals surface area contributed by atoms with Crippen LogP contribution >= 0.6 is 0 Å². The average molecular weight is 336 g/mol. The quantitative estimate of drug-likeness (QED) is 0.768. The van der Waals surface area contributed by atoms with Crippen LogP contribution in [-0.4, -0.2) is 31.8 Å². The van der Waals surface area contributed by atoms with Gasteiger partial charge in [-0.1, -0.05) is 24.3 Å². The molecule has 6 nitrogen and oxygen atoms in total. The Kier molecular flexibility index (Phi) is 3.77. The molecule has 128 valence electrons. The number of carbonyl (C=O) groups excluding carboxylic acids is 1. The highest BCUT2D eigenvalue weighted by atomic mass is 16.3. The molecule has 1 aliphatic rings. The number of hydrogen-bond donors (Lipinski definition) is 2. The van der Waals surface area contributed by atoms with Crippen molar-refractivity contribution in [2.45, 2.75) is 39.0 Å². The first-order valence-electron chi connectivity index (χ1n) is 8.48. The van der Waals surface area contributed by atoms with Crippen molar-refractivity contribution in [1.82, 2.24) is 20.1 Å². The molecule has 0 spiro atoms. The normalized spacial score (nSPS) is 19.2. The lowest BCUT2D eigenvalue weighted by Gasteiger charge is -2.17. The predicted octanol–water partition coefficient (Wildman–Crippen LogP) is 2.15. The van der Waals surface area contributed by atoms with Crippen molar-refractivity contribution in [1.29, 1.82) is 0 Å². The van der Waals surface area contributed by atoms with E-state index in [1.54, 1.807) is 10.9 Å². The van der Waals surface area contributed by atoms with Gasteiger partial charge in [-0.25, -0.2) is 9.67 Å². The van der Waals surface area contributed by atoms with Crippen LogP contribution in [0.1, 0.15) is 40.2 Å². The van der Waals surface area contributed by atoms with Gasteiger partial charge in [0.1, 0.15) is 0 Å². The number of aliphatic hydroxyl groups excluding tert-OH is 1. The Morgan fingerprint density at radius 2 is 2.20 bits per heavy atom. The highest BCUT2D eigenvalue weighted by Gasteiger charge is 2.32. The molecule has 25 heavy (non-hydrogen) atoms. The molecule has 0 unspecified atom stereocenters. The number of nitrogens with zero attached hydrogens (tertiary/aromatic N) is 3. The van der Waals surface area contributed by atoms with E-state index in [0.29, 0.717) is 17.7 Å². The first-order chi connectivity index (χ1) is 12.1. The number of nitrogens with one attached hydrogen (secondary N) is 1. The molecule has 0 aliphatic heterocycles. The second-order valence-corrected chi connectivity index (χ2v) is 6.42. The zero-order chi connectivity index (χ0) is 17.6. The summed E-state index contributed by atoms with van der Waals surface area (Å²) in [7, 11) is 0. The maximum absolute atomic E-state index is 12.7. The van der Waals surface area contributed by atoms with Gasteiger partial charge in [0.15, 0.2) is 5.65 Å². The van der Waals surface area contributed by atoms with Gasteiger partial charge in [-0.2, -0.15) is 5.10 Å². The third kappa shape index (κ3) is 2.59. The Morgan fingerprint density at radius 3 is 2.96 bits per heavy atom. The molecule has 0 fully saturated rings. The number of aliphatic hydroxyl groups is 1. The van der Waals surface area contributed by atoms with Gasteiger partial charge >= 0.3 is 0 Å². The minimum absolute atomic E-state index is 0.215. The Bertz CT molecular complexity index is 963. The number of hydrogen-bond acceptors (Lipinski definition) is 4. The van der Waals surface area contributed by atoms with Crippen LogP contribution in [0.25, 0.3) is 11.0 Å². The van der Waals surface area contributed by atoms with Crippen LogP contribution in [0.5, 0.6) is 0 Å². The van der Waals surface area contributed by atoms with E-state index in [1.807, 2.05) is 44.2 Å². The number of benzene rings is 1. The molecular weight excluding hydrogens is 316 g/mol. The van der Waals surface area contributed by atoms with E-state index in [1.165, 1.54) is 0 Å². The zero-order valence-corrected chi connectivity index (χ0v) is 14.2. The lowest BCUT2D eigenvalue weighted by atomic mass is 10.1. The predicted molar refractivity (Wildman–Crippen MR) is 94.3 cm³/mol. The molecule has 1 aromatic carbocycles. The molecule has 2 heterocycles. The summed E-state index contributed by atoms with van der Waals surface area (Å²) >= 11 is 0. The smallest absolute Gasteiger partial charge is 0.253 e. The van der Waals surface area contributed by atoms with Crippen LogP contribution in [0, 0.1) is 6.92 Å². The van der Waals surface area contributed by atoms with E-state index in [9.17, 15) is 9.90 Å². The SMILES string of the molecule is CCn1ncc2cc(C(=O)N[C@@H]3Cc4ccccc4[C@@H]3O)c(C)nc21. The van der Waals surface area contributed by atoms with Crippen molar-refractivity contribution < 1.29 is 9.90 Å². The van der Waals surface area contributed by atoms with Crippen LogP contribution in [0.2, 0.25) is 0 Å². The van der Waals surface area contributed by atoms with E-state index in [4.69, 9.17) is 0 Å². The van der Waals surface area contributed by atoms with Crippen molar-refractivity contribution in [3.05, 3.63) is 58.9 Å². The van der Waals surface area contributed by atoms with Gasteiger partial charge < -0.3 is 10.4 Å². The maximum atomic E-state index is 12.7. The standard InChI is InChI=1S/C19H20N4O2/c1-3-23-18-13(10-20-23)8-15(11(2)21-18)19(25)22-16-9-12-6-4-5-7-14(12)17(16)24/h4-8,10,16-17,24H,3,9H2,1-2H3,(H,22,25)/t16-,17+/m1/s1. The van der Waals surface area contributed by atoms with E-state index in [-0.39, 0.29) is 11.9 Å². The number of fused-ring (bicyclic) bond motifs is 2. The molecule has 2 atom stereocenters. The van der Waals surface area contributed by atoms with Gasteiger partial charge in [0.05, 0.1) is 29.6 Å². The fraction of sp³-hybridized carbons (Fsp3) is 0.316. The minimum atomic E-state index is -0.681. The summed E-state index contributed by atoms with van der Waals surface area (Å²) < 4.78 is 1.81. The summed E-state index contributed by atoms with van der Waals surface area (Å²) in [6.07, 6.45) is 1.67. The molecule has 0 saturated heterocycles. The Hall–Kier alpha value is -2.73. The molecule has 2 aromatic heterocycles. The number of aromatic nitrogens is 3. The van der Waals surface area contributed by atoms with Crippen molar-refractivity contribution in [2.24, 2.45) is 0 Å². The zero-order valence-electron chi connectivity index (χ0n) is 14.2. The molecule has 0 radical (unpaired) electrons. The van der Waals surface area contributed by atoms with Crippen molar-refractivity contribution in [3.63, 3.8) is 0 Å². The van der Waals surface area contributed by atoms with Crippen LogP contribution < -0.4 is 5.32 Å². The molecule has 1 aliphatic carbocycles. The van der Waals surface area contributed by atoms with Gasteiger partial charge in [-0.15, -0.1) is 0 Å². The summed E-state index contributed by atoms with van der Waals surface area (Å²) in [6.45, 7) is 4.55. The number of carbonyl (C=O) groups is 1. The third-order valence-corrected chi connectivity index (χ3v) is 4.86. The number of pyridine rings is 1. The molecule has 1 amide bonds. The largest absolute Gasteiger partial charge is 0.386 e. The van der Waals surface area contributed by atoms with Gasteiger partial charge in [-0.3, -0.25) is 4.79 Å². The summed E-state index contributed by atoms with van der Waals surface area (Å²) in [5.41, 5.74) is 3.93. The van der Waals surface area contributed by atoms with Crippen molar-refractivity contribution in [2.75, 3.05) is 0 Å². The first-order valence-corrected chi connectivity index (χ1v) is 8.48. The monoisotopic (exact) mass is 336 g/mol. The second kappa shape index (κ2) is 5.97. The lowest BCUT2D eigenvalue weighted by molar-refractivity contribution is 0.0857. The topological polar surface area (TPSA) is 80.0 Å². The molecule has 3 aromatic rings. The van der Waals surface area contributed by atoms with Gasteiger partial charge in [0.25, 0.3) is 5.91 Å². The van der Waals surface area contributed by atoms with Crippen LogP contribution in [0.3, 0.4) is 0 Å². The Labute approximate surface area is 145 Å². The molecule has 4 rings (SSSR count).